The van der Waals surface area contributed by atoms with Crippen LogP contribution in [0, 0.1) is 6.92 Å². The monoisotopic (exact) mass is 653 g/mol. The minimum atomic E-state index is -0.370. The van der Waals surface area contributed by atoms with Crippen LogP contribution in [0.3, 0.4) is 0 Å². The van der Waals surface area contributed by atoms with Gasteiger partial charge < -0.3 is 0 Å². The molecule has 9 rings (SSSR count). The molecule has 0 amide bonds. The summed E-state index contributed by atoms with van der Waals surface area (Å²) in [7, 11) is 0. The lowest BCUT2D eigenvalue weighted by molar-refractivity contribution is 0.749. The number of allylic oxidation sites excluding steroid dienone is 8. The van der Waals surface area contributed by atoms with Gasteiger partial charge in [-0.1, -0.05) is 146 Å². The van der Waals surface area contributed by atoms with E-state index in [1.54, 1.807) is 0 Å². The van der Waals surface area contributed by atoms with Gasteiger partial charge >= 0.3 is 0 Å². The summed E-state index contributed by atoms with van der Waals surface area (Å²) in [5.74, 6) is 0. The summed E-state index contributed by atoms with van der Waals surface area (Å²) < 4.78 is 0. The van der Waals surface area contributed by atoms with Gasteiger partial charge in [-0.3, -0.25) is 4.99 Å². The Balaban J connectivity index is 1.25. The molecule has 6 aromatic rings. The van der Waals surface area contributed by atoms with Gasteiger partial charge in [-0.15, -0.1) is 0 Å². The molecule has 1 heteroatoms. The predicted octanol–water partition coefficient (Wildman–Crippen LogP) is 12.9. The Morgan fingerprint density at radius 1 is 0.686 bits per heavy atom. The quantitative estimate of drug-likeness (QED) is 0.125. The largest absolute Gasteiger partial charge is 0.264 e. The minimum Gasteiger partial charge on any atom is -0.264 e. The lowest BCUT2D eigenvalue weighted by atomic mass is 9.65. The molecule has 244 valence electrons. The normalized spacial score (nSPS) is 17.6. The second-order valence-electron chi connectivity index (χ2n) is 14.0. The molecule has 0 heterocycles. The molecule has 0 aromatic heterocycles. The third kappa shape index (κ3) is 4.58. The zero-order valence-corrected chi connectivity index (χ0v) is 29.2. The second kappa shape index (κ2) is 12.1. The molecule has 0 bridgehead atoms. The Bertz CT molecular complexity index is 2580. The van der Waals surface area contributed by atoms with Crippen molar-refractivity contribution in [1.82, 2.24) is 0 Å². The molecule has 0 fully saturated rings. The van der Waals surface area contributed by atoms with Crippen molar-refractivity contribution in [2.45, 2.75) is 32.1 Å². The smallest absolute Gasteiger partial charge is 0.0706 e. The maximum atomic E-state index is 4.62. The van der Waals surface area contributed by atoms with Gasteiger partial charge in [0.15, 0.2) is 0 Å². The first-order valence-electron chi connectivity index (χ1n) is 17.9. The number of nitrogens with zero attached hydrogens (tertiary/aromatic N) is 1. The summed E-state index contributed by atoms with van der Waals surface area (Å²) in [5.41, 5.74) is 19.6. The Labute approximate surface area is 301 Å². The lowest BCUT2D eigenvalue weighted by Crippen LogP contribution is -2.29. The van der Waals surface area contributed by atoms with Gasteiger partial charge in [0.05, 0.1) is 11.1 Å². The van der Waals surface area contributed by atoms with Gasteiger partial charge in [0.25, 0.3) is 0 Å². The van der Waals surface area contributed by atoms with E-state index in [1.165, 1.54) is 72.0 Å². The first-order chi connectivity index (χ1) is 25.0. The Morgan fingerprint density at radius 2 is 1.39 bits per heavy atom. The molecule has 3 aliphatic carbocycles. The number of aryl methyl sites for hydroxylation is 1. The maximum Gasteiger partial charge on any atom is 0.0706 e. The molecular formula is C50H39N. The highest BCUT2D eigenvalue weighted by Gasteiger charge is 2.53. The number of fused-ring (bicyclic) bond motifs is 7. The zero-order chi connectivity index (χ0) is 34.7. The van der Waals surface area contributed by atoms with Gasteiger partial charge in [0, 0.05) is 5.56 Å². The van der Waals surface area contributed by atoms with Crippen LogP contribution in [0.2, 0.25) is 0 Å². The molecule has 1 unspecified atom stereocenters. The van der Waals surface area contributed by atoms with E-state index < -0.39 is 0 Å². The molecule has 0 radical (unpaired) electrons. The average Bonchev–Trinajstić information content (AvgIpc) is 3.62. The van der Waals surface area contributed by atoms with Crippen LogP contribution in [0.15, 0.2) is 169 Å². The standard InChI is InChI=1S/C50H39N/c1-32-16-5-7-19-38(32)49-34(3)39-29-28-36(31-47(39)50(49)45-26-13-11-22-42(45)43-23-12-14-27-46(43)50)41-21-9-10-24-44(41)48(51-4)30-33(2)37-25-15-18-35-17-6-8-20-40(35)37/h5-13,15-26,28-31H,2,4,14,27H2,1,3H3/b48-30-. The van der Waals surface area contributed by atoms with Crippen molar-refractivity contribution in [1.29, 1.82) is 0 Å². The number of rotatable bonds is 6. The Kier molecular flexibility index (Phi) is 7.33. The predicted molar refractivity (Wildman–Crippen MR) is 219 cm³/mol. The van der Waals surface area contributed by atoms with Crippen molar-refractivity contribution in [3.05, 3.63) is 208 Å². The van der Waals surface area contributed by atoms with Gasteiger partial charge in [-0.25, -0.2) is 0 Å². The fourth-order valence-corrected chi connectivity index (χ4v) is 9.18. The third-order valence-corrected chi connectivity index (χ3v) is 11.4. The van der Waals surface area contributed by atoms with E-state index >= 15 is 0 Å². The van der Waals surface area contributed by atoms with Crippen LogP contribution in [0.1, 0.15) is 64.3 Å². The summed E-state index contributed by atoms with van der Waals surface area (Å²) in [5, 5.41) is 2.37. The van der Waals surface area contributed by atoms with Crippen LogP contribution < -0.4 is 0 Å². The molecule has 1 atom stereocenters. The van der Waals surface area contributed by atoms with Crippen molar-refractivity contribution >= 4 is 45.5 Å². The zero-order valence-electron chi connectivity index (χ0n) is 29.2. The van der Waals surface area contributed by atoms with Gasteiger partial charge in [-0.2, -0.15) is 0 Å². The van der Waals surface area contributed by atoms with Crippen molar-refractivity contribution in [3.63, 3.8) is 0 Å². The van der Waals surface area contributed by atoms with E-state index in [9.17, 15) is 0 Å². The summed E-state index contributed by atoms with van der Waals surface area (Å²) in [6, 6.07) is 48.6. The molecule has 1 nitrogen and oxygen atoms in total. The molecule has 1 spiro atoms. The molecule has 3 aliphatic rings. The van der Waals surface area contributed by atoms with Gasteiger partial charge in [-0.05, 0) is 134 Å². The van der Waals surface area contributed by atoms with Crippen LogP contribution in [0.4, 0.5) is 0 Å². The third-order valence-electron chi connectivity index (χ3n) is 11.4. The molecule has 51 heavy (non-hydrogen) atoms. The van der Waals surface area contributed by atoms with E-state index in [-0.39, 0.29) is 5.41 Å². The van der Waals surface area contributed by atoms with Crippen molar-refractivity contribution in [3.8, 4) is 11.1 Å². The fraction of sp³-hybridized carbons (Fsp3) is 0.100. The molecule has 0 aliphatic heterocycles. The van der Waals surface area contributed by atoms with Gasteiger partial charge in [0.1, 0.15) is 0 Å². The molecule has 0 saturated heterocycles. The van der Waals surface area contributed by atoms with Crippen LogP contribution in [-0.2, 0) is 5.41 Å². The molecular weight excluding hydrogens is 615 g/mol. The first kappa shape index (κ1) is 31.0. The molecule has 0 saturated carbocycles. The van der Waals surface area contributed by atoms with Crippen LogP contribution in [0.5, 0.6) is 0 Å². The molecule has 6 aromatic carbocycles. The van der Waals surface area contributed by atoms with E-state index in [4.69, 9.17) is 0 Å². The second-order valence-corrected chi connectivity index (χ2v) is 14.0. The highest BCUT2D eigenvalue weighted by atomic mass is 14.7. The molecule has 0 N–H and O–H groups in total. The van der Waals surface area contributed by atoms with Crippen molar-refractivity contribution < 1.29 is 0 Å². The first-order valence-corrected chi connectivity index (χ1v) is 17.9. The Morgan fingerprint density at radius 3 is 2.24 bits per heavy atom. The van der Waals surface area contributed by atoms with E-state index in [0.29, 0.717) is 0 Å². The Hall–Kier alpha value is -6.05. The summed E-state index contributed by atoms with van der Waals surface area (Å²) >= 11 is 0. The van der Waals surface area contributed by atoms with Crippen LogP contribution in [0.25, 0.3) is 49.9 Å². The highest BCUT2D eigenvalue weighted by molar-refractivity contribution is 6.10. The summed E-state index contributed by atoms with van der Waals surface area (Å²) in [6.45, 7) is 13.2. The van der Waals surface area contributed by atoms with Crippen molar-refractivity contribution in [2.75, 3.05) is 0 Å². The highest BCUT2D eigenvalue weighted by Crippen LogP contribution is 2.65. The summed E-state index contributed by atoms with van der Waals surface area (Å²) in [4.78, 5) is 4.62. The van der Waals surface area contributed by atoms with E-state index in [0.717, 1.165) is 40.8 Å². The lowest BCUT2D eigenvalue weighted by Gasteiger charge is -2.36. The number of aliphatic imine (C=N–C) groups is 1. The number of hydrogen-bond donors (Lipinski definition) is 0. The van der Waals surface area contributed by atoms with Crippen LogP contribution >= 0.6 is 0 Å². The number of hydrogen-bond acceptors (Lipinski definition) is 1. The topological polar surface area (TPSA) is 12.4 Å². The average molecular weight is 654 g/mol. The van der Waals surface area contributed by atoms with Crippen molar-refractivity contribution in [2.24, 2.45) is 4.99 Å². The minimum absolute atomic E-state index is 0.370. The number of benzene rings is 6. The fourth-order valence-electron chi connectivity index (χ4n) is 9.18. The maximum absolute atomic E-state index is 4.62. The van der Waals surface area contributed by atoms with Crippen LogP contribution in [-0.4, -0.2) is 6.72 Å². The van der Waals surface area contributed by atoms with Gasteiger partial charge in [0.2, 0.25) is 0 Å². The van der Waals surface area contributed by atoms with E-state index in [1.807, 2.05) is 0 Å². The summed E-state index contributed by atoms with van der Waals surface area (Å²) in [6.07, 6.45) is 8.90. The van der Waals surface area contributed by atoms with E-state index in [2.05, 4.69) is 184 Å². The SMILES string of the molecule is C=N/C(=C\C(=C)c1cccc2ccccc12)c1ccccc1-c1ccc2c(c1)C1(C3=C(C=CCC3)c3ccccc31)C(c1ccccc1C)=C2C.